The molecular weight excluding hydrogens is 368 g/mol. The minimum Gasteiger partial charge on any atom is -0.497 e. The Bertz CT molecular complexity index is 719. The van der Waals surface area contributed by atoms with Gasteiger partial charge in [0.15, 0.2) is 0 Å². The number of benzene rings is 1. The molecule has 1 aromatic rings. The fraction of sp³-hybridized carbons (Fsp3) is 0.609. The predicted octanol–water partition coefficient (Wildman–Crippen LogP) is 3.08. The van der Waals surface area contributed by atoms with Gasteiger partial charge in [-0.15, -0.1) is 0 Å². The van der Waals surface area contributed by atoms with Gasteiger partial charge in [0.05, 0.1) is 7.11 Å². The number of amides is 1. The van der Waals surface area contributed by atoms with Crippen molar-refractivity contribution in [3.8, 4) is 5.75 Å². The van der Waals surface area contributed by atoms with Crippen LogP contribution in [-0.2, 0) is 20.7 Å². The Morgan fingerprint density at radius 1 is 1.31 bits per heavy atom. The maximum atomic E-state index is 12.9. The van der Waals surface area contributed by atoms with E-state index in [0.29, 0.717) is 37.2 Å². The summed E-state index contributed by atoms with van der Waals surface area (Å²) >= 11 is 0. The molecule has 0 aromatic heterocycles. The van der Waals surface area contributed by atoms with Crippen LogP contribution >= 0.6 is 0 Å². The quantitative estimate of drug-likeness (QED) is 0.669. The van der Waals surface area contributed by atoms with Crippen LogP contribution in [0.15, 0.2) is 35.8 Å². The molecule has 1 fully saturated rings. The van der Waals surface area contributed by atoms with Crippen molar-refractivity contribution in [1.29, 1.82) is 0 Å². The standard InChI is InChI=1S/C23H34N2O4/c1-4-25(23(26)22-18(2)28-13-14-29-22)17-20-8-6-11-24(16-20)12-10-19-7-5-9-21(15-19)27-3/h5,7,9,15,20H,4,6,8,10-14,16-17H2,1-3H3/t20-/m0/s1. The number of carbonyl (C=O) groups excluding carboxylic acids is 1. The van der Waals surface area contributed by atoms with E-state index in [2.05, 4.69) is 17.0 Å². The van der Waals surface area contributed by atoms with Crippen molar-refractivity contribution in [1.82, 2.24) is 9.80 Å². The molecule has 0 aliphatic carbocycles. The van der Waals surface area contributed by atoms with E-state index in [9.17, 15) is 4.79 Å². The molecule has 0 spiro atoms. The topological polar surface area (TPSA) is 51.2 Å². The zero-order valence-corrected chi connectivity index (χ0v) is 18.0. The van der Waals surface area contributed by atoms with Crippen LogP contribution in [0.5, 0.6) is 5.75 Å². The van der Waals surface area contributed by atoms with Crippen molar-refractivity contribution in [3.05, 3.63) is 41.3 Å². The minimum absolute atomic E-state index is 0.0433. The number of likely N-dealkylation sites (N-methyl/N-ethyl adjacent to an activating group) is 1. The number of allylic oxidation sites excluding steroid dienone is 1. The third-order valence-corrected chi connectivity index (χ3v) is 5.76. The van der Waals surface area contributed by atoms with E-state index in [-0.39, 0.29) is 5.91 Å². The molecule has 0 bridgehead atoms. The van der Waals surface area contributed by atoms with E-state index in [1.807, 2.05) is 24.0 Å². The molecule has 6 nitrogen and oxygen atoms in total. The van der Waals surface area contributed by atoms with Gasteiger partial charge in [-0.2, -0.15) is 0 Å². The van der Waals surface area contributed by atoms with E-state index in [1.54, 1.807) is 14.0 Å². The first-order valence-corrected chi connectivity index (χ1v) is 10.7. The second-order valence-electron chi connectivity index (χ2n) is 7.84. The number of ether oxygens (including phenoxy) is 3. The normalized spacial score (nSPS) is 20.0. The van der Waals surface area contributed by atoms with Gasteiger partial charge in [0.2, 0.25) is 5.76 Å². The molecular formula is C23H34N2O4. The third-order valence-electron chi connectivity index (χ3n) is 5.76. The Kier molecular flexibility index (Phi) is 7.81. The molecule has 6 heteroatoms. The average molecular weight is 403 g/mol. The SMILES string of the molecule is CCN(C[C@H]1CCCN(CCc2cccc(OC)c2)C1)C(=O)C1=C(C)OCCO1. The average Bonchev–Trinajstić information content (AvgIpc) is 2.76. The Labute approximate surface area is 174 Å². The van der Waals surface area contributed by atoms with Crippen molar-refractivity contribution in [2.45, 2.75) is 33.1 Å². The maximum absolute atomic E-state index is 12.9. The van der Waals surface area contributed by atoms with E-state index in [4.69, 9.17) is 14.2 Å². The second-order valence-corrected chi connectivity index (χ2v) is 7.84. The fourth-order valence-electron chi connectivity index (χ4n) is 4.15. The van der Waals surface area contributed by atoms with Crippen molar-refractivity contribution in [2.75, 3.05) is 53.0 Å². The first-order chi connectivity index (χ1) is 14.1. The molecule has 1 amide bonds. The Morgan fingerprint density at radius 3 is 2.90 bits per heavy atom. The summed E-state index contributed by atoms with van der Waals surface area (Å²) in [6.07, 6.45) is 3.35. The van der Waals surface area contributed by atoms with E-state index < -0.39 is 0 Å². The van der Waals surface area contributed by atoms with Gasteiger partial charge in [0, 0.05) is 26.2 Å². The highest BCUT2D eigenvalue weighted by Crippen LogP contribution is 2.21. The van der Waals surface area contributed by atoms with Crippen LogP contribution in [0, 0.1) is 5.92 Å². The molecule has 2 heterocycles. The van der Waals surface area contributed by atoms with Gasteiger partial charge in [-0.05, 0) is 63.3 Å². The lowest BCUT2D eigenvalue weighted by atomic mass is 9.96. The fourth-order valence-corrected chi connectivity index (χ4v) is 4.15. The van der Waals surface area contributed by atoms with E-state index in [1.165, 1.54) is 12.0 Å². The van der Waals surface area contributed by atoms with Gasteiger partial charge in [-0.3, -0.25) is 4.79 Å². The van der Waals surface area contributed by atoms with Gasteiger partial charge >= 0.3 is 0 Å². The molecule has 0 saturated carbocycles. The minimum atomic E-state index is -0.0433. The molecule has 160 valence electrons. The smallest absolute Gasteiger partial charge is 0.292 e. The summed E-state index contributed by atoms with van der Waals surface area (Å²) in [6.45, 7) is 9.43. The van der Waals surface area contributed by atoms with Gasteiger partial charge in [-0.1, -0.05) is 12.1 Å². The number of piperidine rings is 1. The largest absolute Gasteiger partial charge is 0.497 e. The zero-order valence-electron chi connectivity index (χ0n) is 18.0. The molecule has 29 heavy (non-hydrogen) atoms. The lowest BCUT2D eigenvalue weighted by Crippen LogP contribution is -2.44. The maximum Gasteiger partial charge on any atom is 0.292 e. The van der Waals surface area contributed by atoms with Gasteiger partial charge < -0.3 is 24.0 Å². The van der Waals surface area contributed by atoms with Crippen LogP contribution < -0.4 is 4.74 Å². The van der Waals surface area contributed by atoms with Crippen LogP contribution in [0.1, 0.15) is 32.3 Å². The predicted molar refractivity (Wildman–Crippen MR) is 113 cm³/mol. The van der Waals surface area contributed by atoms with Crippen molar-refractivity contribution >= 4 is 5.91 Å². The van der Waals surface area contributed by atoms with Gasteiger partial charge in [-0.25, -0.2) is 0 Å². The second kappa shape index (κ2) is 10.5. The first kappa shape index (κ1) is 21.5. The number of methoxy groups -OCH3 is 1. The van der Waals surface area contributed by atoms with E-state index in [0.717, 1.165) is 44.8 Å². The Hall–Kier alpha value is -2.21. The summed E-state index contributed by atoms with van der Waals surface area (Å²) < 4.78 is 16.4. The van der Waals surface area contributed by atoms with E-state index >= 15 is 0 Å². The Morgan fingerprint density at radius 2 is 2.14 bits per heavy atom. The highest BCUT2D eigenvalue weighted by atomic mass is 16.6. The van der Waals surface area contributed by atoms with Crippen LogP contribution in [0.4, 0.5) is 0 Å². The van der Waals surface area contributed by atoms with Gasteiger partial charge in [0.25, 0.3) is 5.91 Å². The van der Waals surface area contributed by atoms with Gasteiger partial charge in [0.1, 0.15) is 24.7 Å². The zero-order chi connectivity index (χ0) is 20.6. The summed E-state index contributed by atoms with van der Waals surface area (Å²) in [6, 6.07) is 8.30. The Balaban J connectivity index is 1.53. The number of carbonyl (C=O) groups is 1. The molecule has 0 radical (unpaired) electrons. The number of nitrogens with zero attached hydrogens (tertiary/aromatic N) is 2. The van der Waals surface area contributed by atoms with Crippen LogP contribution in [0.3, 0.4) is 0 Å². The molecule has 3 rings (SSSR count). The summed E-state index contributed by atoms with van der Waals surface area (Å²) in [5.74, 6) is 2.34. The summed E-state index contributed by atoms with van der Waals surface area (Å²) in [5.41, 5.74) is 1.30. The number of likely N-dealkylation sites (tertiary alicyclic amines) is 1. The molecule has 1 saturated heterocycles. The van der Waals surface area contributed by atoms with Crippen LogP contribution in [0.2, 0.25) is 0 Å². The highest BCUT2D eigenvalue weighted by Gasteiger charge is 2.28. The number of hydrogen-bond donors (Lipinski definition) is 0. The summed E-state index contributed by atoms with van der Waals surface area (Å²) in [7, 11) is 1.71. The van der Waals surface area contributed by atoms with Crippen LogP contribution in [0.25, 0.3) is 0 Å². The highest BCUT2D eigenvalue weighted by molar-refractivity contribution is 5.92. The van der Waals surface area contributed by atoms with Crippen molar-refractivity contribution < 1.29 is 19.0 Å². The molecule has 1 aromatic carbocycles. The first-order valence-electron chi connectivity index (χ1n) is 10.7. The molecule has 1 atom stereocenters. The summed E-state index contributed by atoms with van der Waals surface area (Å²) in [5, 5.41) is 0. The summed E-state index contributed by atoms with van der Waals surface area (Å²) in [4.78, 5) is 17.3. The monoisotopic (exact) mass is 402 g/mol. The van der Waals surface area contributed by atoms with Crippen molar-refractivity contribution in [3.63, 3.8) is 0 Å². The third kappa shape index (κ3) is 5.89. The van der Waals surface area contributed by atoms with Crippen LogP contribution in [-0.4, -0.2) is 68.8 Å². The lowest BCUT2D eigenvalue weighted by molar-refractivity contribution is -0.133. The number of rotatable bonds is 8. The van der Waals surface area contributed by atoms with Crippen molar-refractivity contribution in [2.24, 2.45) is 5.92 Å². The molecule has 0 unspecified atom stereocenters. The molecule has 2 aliphatic heterocycles. The lowest BCUT2D eigenvalue weighted by Gasteiger charge is -2.36. The molecule has 0 N–H and O–H groups in total. The molecule has 2 aliphatic rings. The number of hydrogen-bond acceptors (Lipinski definition) is 5.